The third-order valence-electron chi connectivity index (χ3n) is 4.06. The Balaban J connectivity index is 3.04. The number of thioether (sulfide) groups is 1. The molecule has 0 aliphatic carbocycles. The SMILES string of the molecule is CC(C)C(NC(=O)[C@@H]1N(C=O)C(C)(C)SC1(C)C)C(=O)OC(C)(C)C. The Morgan fingerprint density at radius 1 is 1.20 bits per heavy atom. The van der Waals surface area contributed by atoms with Crippen LogP contribution in [0.15, 0.2) is 0 Å². The standard InChI is InChI=1S/C18H32N2O4S/c1-11(2)12(15(23)24-16(3,4)5)19-14(22)13-17(6,7)25-18(8,9)20(13)10-21/h10-13H,1-9H3,(H,19,22)/t12?,13-/m0/s1. The van der Waals surface area contributed by atoms with Crippen molar-refractivity contribution in [1.29, 1.82) is 0 Å². The topological polar surface area (TPSA) is 75.7 Å². The van der Waals surface area contributed by atoms with Gasteiger partial charge < -0.3 is 15.0 Å². The highest BCUT2D eigenvalue weighted by atomic mass is 32.2. The van der Waals surface area contributed by atoms with E-state index in [2.05, 4.69) is 5.32 Å². The average Bonchev–Trinajstić information content (AvgIpc) is 2.56. The molecule has 1 aliphatic heterocycles. The van der Waals surface area contributed by atoms with Crippen LogP contribution in [-0.2, 0) is 19.1 Å². The summed E-state index contributed by atoms with van der Waals surface area (Å²) in [5, 5.41) is 2.81. The van der Waals surface area contributed by atoms with E-state index in [1.54, 1.807) is 32.5 Å². The number of amides is 2. The molecule has 1 fully saturated rings. The Morgan fingerprint density at radius 3 is 2.12 bits per heavy atom. The highest BCUT2D eigenvalue weighted by Gasteiger charge is 2.55. The van der Waals surface area contributed by atoms with E-state index in [9.17, 15) is 14.4 Å². The second-order valence-electron chi connectivity index (χ2n) is 8.83. The maximum absolute atomic E-state index is 13.0. The number of hydrogen-bond donors (Lipinski definition) is 1. The number of carbonyl (C=O) groups is 3. The molecule has 1 saturated heterocycles. The van der Waals surface area contributed by atoms with Gasteiger partial charge in [0.1, 0.15) is 17.7 Å². The quantitative estimate of drug-likeness (QED) is 0.593. The molecule has 0 aromatic rings. The van der Waals surface area contributed by atoms with Gasteiger partial charge in [-0.1, -0.05) is 13.8 Å². The van der Waals surface area contributed by atoms with E-state index < -0.39 is 33.3 Å². The van der Waals surface area contributed by atoms with Gasteiger partial charge in [-0.15, -0.1) is 11.8 Å². The molecule has 1 heterocycles. The zero-order valence-corrected chi connectivity index (χ0v) is 17.6. The molecule has 0 radical (unpaired) electrons. The van der Waals surface area contributed by atoms with Gasteiger partial charge in [-0.25, -0.2) is 4.79 Å². The van der Waals surface area contributed by atoms with E-state index in [-0.39, 0.29) is 11.8 Å². The summed E-state index contributed by atoms with van der Waals surface area (Å²) in [5.41, 5.74) is -0.631. The largest absolute Gasteiger partial charge is 0.458 e. The lowest BCUT2D eigenvalue weighted by atomic mass is 9.98. The summed E-state index contributed by atoms with van der Waals surface area (Å²) in [6.07, 6.45) is 0.712. The predicted octanol–water partition coefficient (Wildman–Crippen LogP) is 2.56. The van der Waals surface area contributed by atoms with Crippen LogP contribution < -0.4 is 5.32 Å². The van der Waals surface area contributed by atoms with E-state index in [0.29, 0.717) is 6.41 Å². The normalized spacial score (nSPS) is 23.3. The van der Waals surface area contributed by atoms with Gasteiger partial charge in [0.15, 0.2) is 0 Å². The summed E-state index contributed by atoms with van der Waals surface area (Å²) in [6, 6.07) is -1.42. The summed E-state index contributed by atoms with van der Waals surface area (Å²) in [4.78, 5) is 38.1. The lowest BCUT2D eigenvalue weighted by Crippen LogP contribution is -2.58. The van der Waals surface area contributed by atoms with Gasteiger partial charge in [-0.3, -0.25) is 9.59 Å². The number of nitrogens with one attached hydrogen (secondary N) is 1. The van der Waals surface area contributed by atoms with E-state index >= 15 is 0 Å². The molecule has 6 nitrogen and oxygen atoms in total. The van der Waals surface area contributed by atoms with Gasteiger partial charge in [-0.05, 0) is 54.4 Å². The first-order valence-electron chi connectivity index (χ1n) is 8.59. The molecule has 0 aromatic carbocycles. The van der Waals surface area contributed by atoms with Crippen molar-refractivity contribution < 1.29 is 19.1 Å². The number of carbonyl (C=O) groups excluding carboxylic acids is 3. The van der Waals surface area contributed by atoms with Crippen LogP contribution in [0.4, 0.5) is 0 Å². The van der Waals surface area contributed by atoms with Gasteiger partial charge in [0.05, 0.1) is 4.87 Å². The summed E-state index contributed by atoms with van der Waals surface area (Å²) >= 11 is 1.57. The third kappa shape index (κ3) is 5.12. The number of rotatable bonds is 5. The first-order valence-corrected chi connectivity index (χ1v) is 9.41. The van der Waals surface area contributed by atoms with Gasteiger partial charge in [0.25, 0.3) is 0 Å². The molecule has 1 aliphatic rings. The molecule has 1 N–H and O–H groups in total. The van der Waals surface area contributed by atoms with Crippen LogP contribution in [0, 0.1) is 5.92 Å². The number of hydrogen-bond acceptors (Lipinski definition) is 5. The van der Waals surface area contributed by atoms with Crippen LogP contribution in [0.25, 0.3) is 0 Å². The van der Waals surface area contributed by atoms with Gasteiger partial charge in [-0.2, -0.15) is 0 Å². The third-order valence-corrected chi connectivity index (χ3v) is 5.52. The molecule has 2 atom stereocenters. The van der Waals surface area contributed by atoms with Crippen LogP contribution in [0.3, 0.4) is 0 Å². The molecule has 0 aromatic heterocycles. The van der Waals surface area contributed by atoms with E-state index in [0.717, 1.165) is 0 Å². The lowest BCUT2D eigenvalue weighted by Gasteiger charge is -2.33. The lowest BCUT2D eigenvalue weighted by molar-refractivity contribution is -0.160. The summed E-state index contributed by atoms with van der Waals surface area (Å²) < 4.78 is 4.96. The molecular weight excluding hydrogens is 340 g/mol. The van der Waals surface area contributed by atoms with Crippen LogP contribution in [0.5, 0.6) is 0 Å². The minimum Gasteiger partial charge on any atom is -0.458 e. The highest BCUT2D eigenvalue weighted by Crippen LogP contribution is 2.50. The Kier molecular flexibility index (Phi) is 6.26. The minimum absolute atomic E-state index is 0.131. The van der Waals surface area contributed by atoms with Crippen molar-refractivity contribution in [1.82, 2.24) is 10.2 Å². The maximum atomic E-state index is 13.0. The van der Waals surface area contributed by atoms with E-state index in [1.807, 2.05) is 41.5 Å². The average molecular weight is 373 g/mol. The van der Waals surface area contributed by atoms with E-state index in [1.165, 1.54) is 4.90 Å². The first kappa shape index (κ1) is 21.8. The number of ether oxygens (including phenoxy) is 1. The van der Waals surface area contributed by atoms with Crippen molar-refractivity contribution in [3.8, 4) is 0 Å². The Morgan fingerprint density at radius 2 is 1.72 bits per heavy atom. The first-order chi connectivity index (χ1) is 11.1. The van der Waals surface area contributed by atoms with E-state index in [4.69, 9.17) is 4.74 Å². The second-order valence-corrected chi connectivity index (χ2v) is 11.1. The molecule has 25 heavy (non-hydrogen) atoms. The molecule has 0 saturated carbocycles. The van der Waals surface area contributed by atoms with Crippen LogP contribution in [0.1, 0.15) is 62.3 Å². The van der Waals surface area contributed by atoms with Crippen LogP contribution in [-0.4, -0.2) is 50.5 Å². The van der Waals surface area contributed by atoms with Crippen molar-refractivity contribution in [3.05, 3.63) is 0 Å². The van der Waals surface area contributed by atoms with Gasteiger partial charge >= 0.3 is 5.97 Å². The number of esters is 1. The van der Waals surface area contributed by atoms with Gasteiger partial charge in [0.2, 0.25) is 12.3 Å². The van der Waals surface area contributed by atoms with Crippen molar-refractivity contribution in [3.63, 3.8) is 0 Å². The van der Waals surface area contributed by atoms with Crippen molar-refractivity contribution >= 4 is 30.0 Å². The van der Waals surface area contributed by atoms with Crippen LogP contribution >= 0.6 is 11.8 Å². The molecule has 144 valence electrons. The molecule has 7 heteroatoms. The fourth-order valence-corrected chi connectivity index (χ4v) is 5.00. The fourth-order valence-electron chi connectivity index (χ4n) is 3.12. The molecule has 2 amide bonds. The minimum atomic E-state index is -0.760. The highest BCUT2D eigenvalue weighted by molar-refractivity contribution is 8.02. The second kappa shape index (κ2) is 7.17. The van der Waals surface area contributed by atoms with Crippen LogP contribution in [0.2, 0.25) is 0 Å². The zero-order chi connectivity index (χ0) is 19.8. The van der Waals surface area contributed by atoms with Crippen molar-refractivity contribution in [2.24, 2.45) is 5.92 Å². The number of nitrogens with zero attached hydrogens (tertiary/aromatic N) is 1. The molecule has 0 spiro atoms. The molecule has 1 unspecified atom stereocenters. The molecule has 1 rings (SSSR count). The van der Waals surface area contributed by atoms with Crippen molar-refractivity contribution in [2.75, 3.05) is 0 Å². The van der Waals surface area contributed by atoms with Gasteiger partial charge in [0, 0.05) is 4.75 Å². The zero-order valence-electron chi connectivity index (χ0n) is 16.8. The Labute approximate surface area is 155 Å². The summed E-state index contributed by atoms with van der Waals surface area (Å²) in [5.74, 6) is -0.926. The smallest absolute Gasteiger partial charge is 0.329 e. The Bertz CT molecular complexity index is 538. The monoisotopic (exact) mass is 372 g/mol. The predicted molar refractivity (Wildman–Crippen MR) is 100 cm³/mol. The summed E-state index contributed by atoms with van der Waals surface area (Å²) in [7, 11) is 0. The molecular formula is C18H32N2O4S. The summed E-state index contributed by atoms with van der Waals surface area (Å²) in [6.45, 7) is 16.8. The Hall–Kier alpha value is -1.24. The maximum Gasteiger partial charge on any atom is 0.329 e. The fraction of sp³-hybridized carbons (Fsp3) is 0.833. The van der Waals surface area contributed by atoms with Crippen molar-refractivity contribution in [2.45, 2.75) is 89.6 Å². The molecule has 0 bridgehead atoms.